The molecule has 0 fully saturated rings. The lowest BCUT2D eigenvalue weighted by atomic mass is 10.3. The first-order valence-corrected chi connectivity index (χ1v) is 6.18. The topological polar surface area (TPSA) is 63.8 Å². The lowest BCUT2D eigenvalue weighted by Gasteiger charge is -1.97. The lowest BCUT2D eigenvalue weighted by Crippen LogP contribution is -2.04. The molecule has 3 rings (SSSR count). The third-order valence-electron chi connectivity index (χ3n) is 2.37. The van der Waals surface area contributed by atoms with Crippen LogP contribution in [0.25, 0.3) is 10.2 Å². The van der Waals surface area contributed by atoms with Gasteiger partial charge in [0.25, 0.3) is 0 Å². The molecule has 0 aliphatic carbocycles. The molecule has 0 saturated heterocycles. The van der Waals surface area contributed by atoms with Crippen LogP contribution in [0.15, 0.2) is 29.0 Å². The molecule has 3 aromatic rings. The zero-order valence-corrected chi connectivity index (χ0v) is 10.1. The Hall–Kier alpha value is -2.02. The molecular formula is C11H9FN4OS. The van der Waals surface area contributed by atoms with Crippen LogP contribution >= 0.6 is 11.3 Å². The van der Waals surface area contributed by atoms with Gasteiger partial charge in [-0.25, -0.2) is 9.37 Å². The van der Waals surface area contributed by atoms with Gasteiger partial charge in [0.15, 0.2) is 11.5 Å². The Balaban J connectivity index is 1.67. The van der Waals surface area contributed by atoms with E-state index in [0.717, 1.165) is 15.3 Å². The molecule has 1 aromatic carbocycles. The third kappa shape index (κ3) is 2.30. The second kappa shape index (κ2) is 4.69. The standard InChI is InChI=1S/C11H9FN4OS/c12-7-1-2-8-9(5-7)18-11(16-8)13-4-3-10-14-6-15-17-10/h1-2,5-6H,3-4H2,(H,13,16). The monoisotopic (exact) mass is 264 g/mol. The largest absolute Gasteiger partial charge is 0.361 e. The lowest BCUT2D eigenvalue weighted by molar-refractivity contribution is 0.380. The van der Waals surface area contributed by atoms with Gasteiger partial charge in [0.1, 0.15) is 5.82 Å². The van der Waals surface area contributed by atoms with E-state index in [9.17, 15) is 4.39 Å². The summed E-state index contributed by atoms with van der Waals surface area (Å²) in [7, 11) is 0. The van der Waals surface area contributed by atoms with Crippen molar-refractivity contribution in [2.45, 2.75) is 6.42 Å². The van der Waals surface area contributed by atoms with Gasteiger partial charge in [0, 0.05) is 13.0 Å². The Kier molecular flexibility index (Phi) is 2.89. The SMILES string of the molecule is Fc1ccc2nc(NCCc3ncno3)sc2c1. The fourth-order valence-electron chi connectivity index (χ4n) is 1.56. The number of thiazole rings is 1. The molecule has 0 amide bonds. The van der Waals surface area contributed by atoms with Gasteiger partial charge < -0.3 is 9.84 Å². The molecule has 0 bridgehead atoms. The molecule has 0 aliphatic heterocycles. The highest BCUT2D eigenvalue weighted by Crippen LogP contribution is 2.26. The smallest absolute Gasteiger partial charge is 0.228 e. The van der Waals surface area contributed by atoms with Crippen molar-refractivity contribution in [2.75, 3.05) is 11.9 Å². The molecule has 2 heterocycles. The highest BCUT2D eigenvalue weighted by molar-refractivity contribution is 7.22. The van der Waals surface area contributed by atoms with E-state index >= 15 is 0 Å². The summed E-state index contributed by atoms with van der Waals surface area (Å²) >= 11 is 1.42. The van der Waals surface area contributed by atoms with Crippen molar-refractivity contribution in [3.63, 3.8) is 0 Å². The molecule has 0 radical (unpaired) electrons. The maximum atomic E-state index is 13.0. The average molecular weight is 264 g/mol. The van der Waals surface area contributed by atoms with E-state index in [0.29, 0.717) is 18.9 Å². The number of nitrogens with zero attached hydrogens (tertiary/aromatic N) is 3. The zero-order chi connectivity index (χ0) is 12.4. The number of aromatic nitrogens is 3. The van der Waals surface area contributed by atoms with Crippen LogP contribution in [-0.4, -0.2) is 21.7 Å². The Morgan fingerprint density at radius 1 is 1.39 bits per heavy atom. The molecule has 0 unspecified atom stereocenters. The fraction of sp³-hybridized carbons (Fsp3) is 0.182. The number of benzene rings is 1. The minimum atomic E-state index is -0.247. The Labute approximate surface area is 106 Å². The predicted octanol–water partition coefficient (Wildman–Crippen LogP) is 2.47. The van der Waals surface area contributed by atoms with E-state index in [1.807, 2.05) is 0 Å². The number of hydrogen-bond donors (Lipinski definition) is 1. The average Bonchev–Trinajstić information content (AvgIpc) is 2.97. The molecule has 0 aliphatic rings. The molecule has 2 aromatic heterocycles. The summed E-state index contributed by atoms with van der Waals surface area (Å²) in [6, 6.07) is 4.56. The Bertz CT molecular complexity index is 652. The van der Waals surface area contributed by atoms with Crippen LogP contribution in [0, 0.1) is 5.82 Å². The van der Waals surface area contributed by atoms with Crippen LogP contribution in [0.5, 0.6) is 0 Å². The first kappa shape index (κ1) is 11.1. The summed E-state index contributed by atoms with van der Waals surface area (Å²) in [6.07, 6.45) is 2.00. The van der Waals surface area contributed by atoms with Gasteiger partial charge in [0.2, 0.25) is 5.89 Å². The van der Waals surface area contributed by atoms with Crippen molar-refractivity contribution in [3.05, 3.63) is 36.2 Å². The minimum Gasteiger partial charge on any atom is -0.361 e. The summed E-state index contributed by atoms with van der Waals surface area (Å²) in [5.74, 6) is 0.332. The summed E-state index contributed by atoms with van der Waals surface area (Å²) in [5, 5.41) is 7.43. The van der Waals surface area contributed by atoms with E-state index < -0.39 is 0 Å². The van der Waals surface area contributed by atoms with Crippen molar-refractivity contribution in [1.29, 1.82) is 0 Å². The molecular weight excluding hydrogens is 255 g/mol. The highest BCUT2D eigenvalue weighted by atomic mass is 32.1. The van der Waals surface area contributed by atoms with Gasteiger partial charge in [-0.05, 0) is 18.2 Å². The van der Waals surface area contributed by atoms with Gasteiger partial charge in [-0.2, -0.15) is 4.98 Å². The first-order chi connectivity index (χ1) is 8.81. The normalized spacial score (nSPS) is 10.9. The van der Waals surface area contributed by atoms with Crippen LogP contribution < -0.4 is 5.32 Å². The molecule has 18 heavy (non-hydrogen) atoms. The Morgan fingerprint density at radius 2 is 2.33 bits per heavy atom. The van der Waals surface area contributed by atoms with Crippen molar-refractivity contribution in [1.82, 2.24) is 15.1 Å². The summed E-state index contributed by atoms with van der Waals surface area (Å²) < 4.78 is 18.7. The number of nitrogens with one attached hydrogen (secondary N) is 1. The quantitative estimate of drug-likeness (QED) is 0.784. The molecule has 7 heteroatoms. The van der Waals surface area contributed by atoms with Gasteiger partial charge in [0.05, 0.1) is 10.2 Å². The van der Waals surface area contributed by atoms with Crippen molar-refractivity contribution < 1.29 is 8.91 Å². The second-order valence-electron chi connectivity index (χ2n) is 3.64. The molecule has 0 atom stereocenters. The number of halogens is 1. The Morgan fingerprint density at radius 3 is 3.17 bits per heavy atom. The number of fused-ring (bicyclic) bond motifs is 1. The van der Waals surface area contributed by atoms with E-state index in [1.54, 1.807) is 6.07 Å². The summed E-state index contributed by atoms with van der Waals surface area (Å²) in [5.41, 5.74) is 0.793. The summed E-state index contributed by atoms with van der Waals surface area (Å²) in [4.78, 5) is 8.26. The number of rotatable bonds is 4. The van der Waals surface area contributed by atoms with Gasteiger partial charge >= 0.3 is 0 Å². The zero-order valence-electron chi connectivity index (χ0n) is 9.26. The minimum absolute atomic E-state index is 0.247. The first-order valence-electron chi connectivity index (χ1n) is 5.37. The summed E-state index contributed by atoms with van der Waals surface area (Å²) in [6.45, 7) is 0.643. The van der Waals surface area contributed by atoms with Crippen LogP contribution in [0.1, 0.15) is 5.89 Å². The maximum absolute atomic E-state index is 13.0. The van der Waals surface area contributed by atoms with E-state index in [-0.39, 0.29) is 5.82 Å². The number of hydrogen-bond acceptors (Lipinski definition) is 6. The molecule has 1 N–H and O–H groups in total. The van der Waals surface area contributed by atoms with Gasteiger partial charge in [-0.15, -0.1) is 0 Å². The van der Waals surface area contributed by atoms with Crippen molar-refractivity contribution in [3.8, 4) is 0 Å². The molecule has 92 valence electrons. The maximum Gasteiger partial charge on any atom is 0.228 e. The van der Waals surface area contributed by atoms with Crippen LogP contribution in [0.4, 0.5) is 9.52 Å². The van der Waals surface area contributed by atoms with Gasteiger partial charge in [-0.1, -0.05) is 16.5 Å². The molecule has 5 nitrogen and oxygen atoms in total. The van der Waals surface area contributed by atoms with Crippen LogP contribution in [0.2, 0.25) is 0 Å². The predicted molar refractivity (Wildman–Crippen MR) is 66.1 cm³/mol. The second-order valence-corrected chi connectivity index (χ2v) is 4.67. The van der Waals surface area contributed by atoms with E-state index in [4.69, 9.17) is 4.52 Å². The van der Waals surface area contributed by atoms with Crippen molar-refractivity contribution in [2.24, 2.45) is 0 Å². The molecule has 0 saturated carbocycles. The highest BCUT2D eigenvalue weighted by Gasteiger charge is 2.05. The third-order valence-corrected chi connectivity index (χ3v) is 3.35. The van der Waals surface area contributed by atoms with Crippen LogP contribution in [0.3, 0.4) is 0 Å². The van der Waals surface area contributed by atoms with Crippen molar-refractivity contribution >= 4 is 26.7 Å². The van der Waals surface area contributed by atoms with Gasteiger partial charge in [-0.3, -0.25) is 0 Å². The number of anilines is 1. The fourth-order valence-corrected chi connectivity index (χ4v) is 2.47. The van der Waals surface area contributed by atoms with E-state index in [2.05, 4.69) is 20.4 Å². The van der Waals surface area contributed by atoms with E-state index in [1.165, 1.54) is 29.8 Å². The molecule has 0 spiro atoms. The van der Waals surface area contributed by atoms with Crippen LogP contribution in [-0.2, 0) is 6.42 Å².